The number of hydrogen-bond acceptors (Lipinski definition) is 2. The van der Waals surface area contributed by atoms with E-state index in [1.807, 2.05) is 24.3 Å². The molecule has 0 bridgehead atoms. The molecule has 0 saturated heterocycles. The number of para-hydroxylation sites is 1. The van der Waals surface area contributed by atoms with Crippen LogP contribution in [0.5, 0.6) is 0 Å². The molecule has 1 amide bonds. The van der Waals surface area contributed by atoms with Gasteiger partial charge in [-0.25, -0.2) is 0 Å². The van der Waals surface area contributed by atoms with Crippen molar-refractivity contribution in [1.82, 2.24) is 5.32 Å². The van der Waals surface area contributed by atoms with Crippen molar-refractivity contribution < 1.29 is 4.79 Å². The van der Waals surface area contributed by atoms with Crippen LogP contribution in [-0.4, -0.2) is 19.0 Å². The second-order valence-corrected chi connectivity index (χ2v) is 4.96. The topological polar surface area (TPSA) is 41.1 Å². The van der Waals surface area contributed by atoms with Gasteiger partial charge in [0.2, 0.25) is 0 Å². The number of anilines is 1. The minimum absolute atomic E-state index is 0.0369. The van der Waals surface area contributed by atoms with Gasteiger partial charge in [-0.15, -0.1) is 0 Å². The lowest BCUT2D eigenvalue weighted by Gasteiger charge is -2.11. The summed E-state index contributed by atoms with van der Waals surface area (Å²) in [7, 11) is 0. The minimum atomic E-state index is 0.0369. The van der Waals surface area contributed by atoms with Crippen LogP contribution in [-0.2, 0) is 0 Å². The molecule has 0 unspecified atom stereocenters. The first-order valence-corrected chi connectivity index (χ1v) is 6.92. The zero-order valence-corrected chi connectivity index (χ0v) is 11.0. The molecule has 0 atom stereocenters. The van der Waals surface area contributed by atoms with E-state index in [1.165, 1.54) is 12.8 Å². The number of carbonyl (C=O) groups is 1. The maximum absolute atomic E-state index is 12.1. The van der Waals surface area contributed by atoms with Crippen molar-refractivity contribution >= 4 is 11.6 Å². The van der Waals surface area contributed by atoms with Gasteiger partial charge in [-0.05, 0) is 30.9 Å². The fraction of sp³-hybridized carbons (Fsp3) is 0.533. The summed E-state index contributed by atoms with van der Waals surface area (Å²) in [6.45, 7) is 3.81. The molecule has 2 N–H and O–H groups in total. The smallest absolute Gasteiger partial charge is 0.253 e. The summed E-state index contributed by atoms with van der Waals surface area (Å²) >= 11 is 0. The van der Waals surface area contributed by atoms with Gasteiger partial charge in [0.25, 0.3) is 5.91 Å². The molecule has 1 aliphatic rings. The molecular weight excluding hydrogens is 224 g/mol. The number of hydrogen-bond donors (Lipinski definition) is 2. The summed E-state index contributed by atoms with van der Waals surface area (Å²) in [5.74, 6) is 0.897. The van der Waals surface area contributed by atoms with Gasteiger partial charge in [0, 0.05) is 18.8 Å². The fourth-order valence-corrected chi connectivity index (χ4v) is 1.99. The number of benzene rings is 1. The molecule has 0 aliphatic heterocycles. The van der Waals surface area contributed by atoms with E-state index in [2.05, 4.69) is 17.6 Å². The van der Waals surface area contributed by atoms with E-state index in [1.54, 1.807) is 0 Å². The van der Waals surface area contributed by atoms with Gasteiger partial charge in [0.05, 0.1) is 5.56 Å². The molecule has 1 aliphatic carbocycles. The standard InChI is InChI=1S/C15H22N2O/c1-2-10-16-14-6-4-3-5-13(14)15(18)17-11-9-12-7-8-12/h3-6,12,16H,2,7-11H2,1H3,(H,17,18). The van der Waals surface area contributed by atoms with Gasteiger partial charge in [-0.1, -0.05) is 31.9 Å². The van der Waals surface area contributed by atoms with Crippen molar-refractivity contribution in [3.8, 4) is 0 Å². The van der Waals surface area contributed by atoms with E-state index in [0.717, 1.165) is 43.1 Å². The van der Waals surface area contributed by atoms with Crippen LogP contribution in [0.3, 0.4) is 0 Å². The van der Waals surface area contributed by atoms with Crippen LogP contribution < -0.4 is 10.6 Å². The molecule has 98 valence electrons. The average Bonchev–Trinajstić information content (AvgIpc) is 3.20. The lowest BCUT2D eigenvalue weighted by atomic mass is 10.1. The number of rotatable bonds is 7. The third kappa shape index (κ3) is 3.76. The predicted molar refractivity (Wildman–Crippen MR) is 74.9 cm³/mol. The molecule has 0 heterocycles. The van der Waals surface area contributed by atoms with E-state index >= 15 is 0 Å². The van der Waals surface area contributed by atoms with Gasteiger partial charge in [-0.2, -0.15) is 0 Å². The second kappa shape index (κ2) is 6.43. The normalized spacial score (nSPS) is 14.3. The monoisotopic (exact) mass is 246 g/mol. The average molecular weight is 246 g/mol. The molecule has 1 fully saturated rings. The predicted octanol–water partition coefficient (Wildman–Crippen LogP) is 3.04. The Morgan fingerprint density at radius 1 is 1.28 bits per heavy atom. The summed E-state index contributed by atoms with van der Waals surface area (Å²) in [4.78, 5) is 12.1. The Kier molecular flexibility index (Phi) is 4.62. The Bertz CT molecular complexity index is 399. The SMILES string of the molecule is CCCNc1ccccc1C(=O)NCCC1CC1. The molecule has 18 heavy (non-hydrogen) atoms. The first kappa shape index (κ1) is 12.9. The highest BCUT2D eigenvalue weighted by Gasteiger charge is 2.20. The van der Waals surface area contributed by atoms with E-state index in [-0.39, 0.29) is 5.91 Å². The van der Waals surface area contributed by atoms with Crippen molar-refractivity contribution in [3.63, 3.8) is 0 Å². The van der Waals surface area contributed by atoms with Crippen molar-refractivity contribution in [1.29, 1.82) is 0 Å². The Labute approximate surface area is 109 Å². The lowest BCUT2D eigenvalue weighted by molar-refractivity contribution is 0.0953. The van der Waals surface area contributed by atoms with Crippen LogP contribution in [0.15, 0.2) is 24.3 Å². The van der Waals surface area contributed by atoms with E-state index in [0.29, 0.717) is 0 Å². The van der Waals surface area contributed by atoms with Gasteiger partial charge in [0.1, 0.15) is 0 Å². The first-order valence-electron chi connectivity index (χ1n) is 6.92. The summed E-state index contributed by atoms with van der Waals surface area (Å²) in [6.07, 6.45) is 4.85. The van der Waals surface area contributed by atoms with E-state index in [4.69, 9.17) is 0 Å². The molecule has 0 radical (unpaired) electrons. The minimum Gasteiger partial charge on any atom is -0.384 e. The molecule has 0 aromatic heterocycles. The maximum atomic E-state index is 12.1. The molecule has 3 nitrogen and oxygen atoms in total. The molecule has 2 rings (SSSR count). The highest BCUT2D eigenvalue weighted by atomic mass is 16.1. The Morgan fingerprint density at radius 2 is 2.06 bits per heavy atom. The number of nitrogens with one attached hydrogen (secondary N) is 2. The summed E-state index contributed by atoms with van der Waals surface area (Å²) in [5.41, 5.74) is 1.69. The Hall–Kier alpha value is -1.51. The third-order valence-corrected chi connectivity index (χ3v) is 3.27. The lowest BCUT2D eigenvalue weighted by Crippen LogP contribution is -2.25. The summed E-state index contributed by atoms with van der Waals surface area (Å²) in [5, 5.41) is 6.30. The number of amides is 1. The van der Waals surface area contributed by atoms with Crippen LogP contribution in [0.25, 0.3) is 0 Å². The molecule has 1 aromatic rings. The second-order valence-electron chi connectivity index (χ2n) is 4.96. The van der Waals surface area contributed by atoms with Gasteiger partial charge >= 0.3 is 0 Å². The molecule has 0 spiro atoms. The van der Waals surface area contributed by atoms with Crippen LogP contribution in [0.4, 0.5) is 5.69 Å². The molecular formula is C15H22N2O. The molecule has 1 aromatic carbocycles. The van der Waals surface area contributed by atoms with Crippen molar-refractivity contribution in [3.05, 3.63) is 29.8 Å². The quantitative estimate of drug-likeness (QED) is 0.776. The van der Waals surface area contributed by atoms with Crippen molar-refractivity contribution in [2.24, 2.45) is 5.92 Å². The molecule has 3 heteroatoms. The van der Waals surface area contributed by atoms with Gasteiger partial charge in [-0.3, -0.25) is 4.79 Å². The highest BCUT2D eigenvalue weighted by molar-refractivity contribution is 5.99. The van der Waals surface area contributed by atoms with Crippen molar-refractivity contribution in [2.75, 3.05) is 18.4 Å². The largest absolute Gasteiger partial charge is 0.384 e. The first-order chi connectivity index (χ1) is 8.81. The Balaban J connectivity index is 1.90. The van der Waals surface area contributed by atoms with Crippen LogP contribution in [0, 0.1) is 5.92 Å². The number of carbonyl (C=O) groups excluding carboxylic acids is 1. The van der Waals surface area contributed by atoms with Crippen LogP contribution in [0.1, 0.15) is 43.0 Å². The summed E-state index contributed by atoms with van der Waals surface area (Å²) < 4.78 is 0. The van der Waals surface area contributed by atoms with E-state index < -0.39 is 0 Å². The highest BCUT2D eigenvalue weighted by Crippen LogP contribution is 2.31. The van der Waals surface area contributed by atoms with E-state index in [9.17, 15) is 4.79 Å². The summed E-state index contributed by atoms with van der Waals surface area (Å²) in [6, 6.07) is 7.71. The zero-order chi connectivity index (χ0) is 12.8. The van der Waals surface area contributed by atoms with Crippen molar-refractivity contribution in [2.45, 2.75) is 32.6 Å². The third-order valence-electron chi connectivity index (χ3n) is 3.27. The van der Waals surface area contributed by atoms with Crippen LogP contribution in [0.2, 0.25) is 0 Å². The maximum Gasteiger partial charge on any atom is 0.253 e. The Morgan fingerprint density at radius 3 is 2.78 bits per heavy atom. The molecule has 1 saturated carbocycles. The zero-order valence-electron chi connectivity index (χ0n) is 11.0. The fourth-order valence-electron chi connectivity index (χ4n) is 1.99. The van der Waals surface area contributed by atoms with Gasteiger partial charge < -0.3 is 10.6 Å². The van der Waals surface area contributed by atoms with Gasteiger partial charge in [0.15, 0.2) is 0 Å². The van der Waals surface area contributed by atoms with Crippen LogP contribution >= 0.6 is 0 Å².